The number of aromatic nitrogens is 1. The fourth-order valence-electron chi connectivity index (χ4n) is 4.55. The van der Waals surface area contributed by atoms with E-state index in [9.17, 15) is 5.26 Å². The predicted molar refractivity (Wildman–Crippen MR) is 104 cm³/mol. The average Bonchev–Trinajstić information content (AvgIpc) is 3.10. The first-order valence-corrected chi connectivity index (χ1v) is 9.89. The summed E-state index contributed by atoms with van der Waals surface area (Å²) in [6, 6.07) is 14.0. The fraction of sp³-hybridized carbons (Fsp3) is 0.500. The van der Waals surface area contributed by atoms with Crippen LogP contribution >= 0.6 is 0 Å². The van der Waals surface area contributed by atoms with E-state index in [2.05, 4.69) is 53.3 Å². The molecule has 0 saturated carbocycles. The van der Waals surface area contributed by atoms with E-state index in [1.54, 1.807) is 11.1 Å². The minimum absolute atomic E-state index is 0.707. The lowest BCUT2D eigenvalue weighted by molar-refractivity contribution is 0.0856. The number of benzene rings is 1. The second-order valence-electron chi connectivity index (χ2n) is 7.61. The Morgan fingerprint density at radius 2 is 1.88 bits per heavy atom. The molecular formula is C22H28N4. The Kier molecular flexibility index (Phi) is 5.10. The van der Waals surface area contributed by atoms with Crippen molar-refractivity contribution in [1.82, 2.24) is 14.4 Å². The van der Waals surface area contributed by atoms with Crippen LogP contribution in [0.5, 0.6) is 0 Å². The number of nitriles is 1. The van der Waals surface area contributed by atoms with Crippen molar-refractivity contribution in [3.05, 3.63) is 58.9 Å². The van der Waals surface area contributed by atoms with Gasteiger partial charge in [-0.1, -0.05) is 24.3 Å². The molecule has 1 fully saturated rings. The van der Waals surface area contributed by atoms with Gasteiger partial charge >= 0.3 is 0 Å². The van der Waals surface area contributed by atoms with Gasteiger partial charge in [0.1, 0.15) is 11.8 Å². The molecule has 0 spiro atoms. The largest absolute Gasteiger partial charge is 0.339 e. The van der Waals surface area contributed by atoms with E-state index in [1.165, 1.54) is 24.8 Å². The molecule has 0 bridgehead atoms. The number of nitrogens with zero attached hydrogens (tertiary/aromatic N) is 4. The van der Waals surface area contributed by atoms with E-state index in [-0.39, 0.29) is 0 Å². The number of piperazine rings is 1. The highest BCUT2D eigenvalue weighted by Gasteiger charge is 2.27. The Morgan fingerprint density at radius 1 is 1.12 bits per heavy atom. The third-order valence-corrected chi connectivity index (χ3v) is 6.06. The molecule has 0 N–H and O–H groups in total. The van der Waals surface area contributed by atoms with Crippen LogP contribution in [0.4, 0.5) is 0 Å². The lowest BCUT2D eigenvalue weighted by Gasteiger charge is -2.41. The molecule has 0 amide bonds. The van der Waals surface area contributed by atoms with Gasteiger partial charge in [-0.05, 0) is 48.9 Å². The van der Waals surface area contributed by atoms with E-state index >= 15 is 0 Å². The van der Waals surface area contributed by atoms with Crippen LogP contribution in [0.3, 0.4) is 0 Å². The number of hydrogen-bond acceptors (Lipinski definition) is 3. The minimum Gasteiger partial charge on any atom is -0.339 e. The average molecular weight is 348 g/mol. The second kappa shape index (κ2) is 7.65. The maximum atomic E-state index is 9.23. The molecule has 4 rings (SSSR count). The van der Waals surface area contributed by atoms with Gasteiger partial charge in [-0.3, -0.25) is 9.80 Å². The van der Waals surface area contributed by atoms with Crippen LogP contribution < -0.4 is 0 Å². The first kappa shape index (κ1) is 17.3. The normalized spacial score (nSPS) is 21.3. The molecule has 2 aromatic rings. The van der Waals surface area contributed by atoms with E-state index in [0.717, 1.165) is 45.0 Å². The molecule has 1 aromatic heterocycles. The molecule has 1 aliphatic carbocycles. The molecule has 4 heteroatoms. The summed E-state index contributed by atoms with van der Waals surface area (Å²) in [5, 5.41) is 9.23. The summed E-state index contributed by atoms with van der Waals surface area (Å²) < 4.78 is 2.05. The van der Waals surface area contributed by atoms with Crippen molar-refractivity contribution in [1.29, 1.82) is 5.26 Å². The van der Waals surface area contributed by atoms with Gasteiger partial charge in [-0.25, -0.2) is 0 Å². The highest BCUT2D eigenvalue weighted by molar-refractivity contribution is 5.30. The topological polar surface area (TPSA) is 35.2 Å². The van der Waals surface area contributed by atoms with E-state index in [1.807, 2.05) is 10.6 Å². The van der Waals surface area contributed by atoms with Crippen LogP contribution in [0, 0.1) is 11.3 Å². The molecule has 2 heterocycles. The quantitative estimate of drug-likeness (QED) is 0.852. The lowest BCUT2D eigenvalue weighted by Crippen LogP contribution is -2.51. The van der Waals surface area contributed by atoms with Crippen molar-refractivity contribution in [3.63, 3.8) is 0 Å². The molecule has 1 atom stereocenters. The van der Waals surface area contributed by atoms with E-state index in [0.29, 0.717) is 6.04 Å². The Bertz CT molecular complexity index is 793. The van der Waals surface area contributed by atoms with Crippen molar-refractivity contribution in [2.24, 2.45) is 0 Å². The zero-order valence-electron chi connectivity index (χ0n) is 15.7. The zero-order chi connectivity index (χ0) is 17.9. The SMILES string of the molecule is CCn1cc(CN2CCN([C@H]3CCc4ccccc4C3)CC2)cc1C#N. The summed E-state index contributed by atoms with van der Waals surface area (Å²) in [6.45, 7) is 8.47. The van der Waals surface area contributed by atoms with Crippen molar-refractivity contribution in [2.45, 2.75) is 45.3 Å². The molecule has 2 aliphatic rings. The molecule has 1 aliphatic heterocycles. The van der Waals surface area contributed by atoms with E-state index < -0.39 is 0 Å². The standard InChI is InChI=1S/C22H28N4/c1-2-25-17-18(13-22(25)15-23)16-24-9-11-26(12-10-24)21-8-7-19-5-3-4-6-20(19)14-21/h3-6,13,17,21H,2,7-12,14,16H2,1H3/t21-/m0/s1. The summed E-state index contributed by atoms with van der Waals surface area (Å²) in [7, 11) is 0. The Morgan fingerprint density at radius 3 is 2.58 bits per heavy atom. The van der Waals surface area contributed by atoms with Gasteiger partial charge in [0.25, 0.3) is 0 Å². The van der Waals surface area contributed by atoms with Gasteiger partial charge in [0.05, 0.1) is 0 Å². The van der Waals surface area contributed by atoms with Crippen molar-refractivity contribution in [2.75, 3.05) is 26.2 Å². The fourth-order valence-corrected chi connectivity index (χ4v) is 4.55. The molecule has 1 saturated heterocycles. The third kappa shape index (κ3) is 3.56. The summed E-state index contributed by atoms with van der Waals surface area (Å²) in [6.07, 6.45) is 5.87. The molecule has 26 heavy (non-hydrogen) atoms. The molecule has 0 radical (unpaired) electrons. The number of aryl methyl sites for hydroxylation is 2. The Balaban J connectivity index is 1.32. The van der Waals surface area contributed by atoms with Gasteiger partial charge in [-0.15, -0.1) is 0 Å². The van der Waals surface area contributed by atoms with Crippen LogP contribution in [0.15, 0.2) is 36.5 Å². The second-order valence-corrected chi connectivity index (χ2v) is 7.61. The highest BCUT2D eigenvalue weighted by Crippen LogP contribution is 2.25. The lowest BCUT2D eigenvalue weighted by atomic mass is 9.87. The van der Waals surface area contributed by atoms with E-state index in [4.69, 9.17) is 0 Å². The van der Waals surface area contributed by atoms with Crippen LogP contribution in [0.2, 0.25) is 0 Å². The third-order valence-electron chi connectivity index (χ3n) is 6.06. The van der Waals surface area contributed by atoms with Crippen LogP contribution in [0.25, 0.3) is 0 Å². The van der Waals surface area contributed by atoms with Crippen molar-refractivity contribution >= 4 is 0 Å². The number of rotatable bonds is 4. The van der Waals surface area contributed by atoms with Gasteiger partial charge in [-0.2, -0.15) is 5.26 Å². The van der Waals surface area contributed by atoms with Gasteiger partial charge in [0, 0.05) is 51.5 Å². The summed E-state index contributed by atoms with van der Waals surface area (Å²) in [5.41, 5.74) is 5.15. The highest BCUT2D eigenvalue weighted by atomic mass is 15.3. The minimum atomic E-state index is 0.707. The molecule has 1 aromatic carbocycles. The van der Waals surface area contributed by atoms with Gasteiger partial charge in [0.2, 0.25) is 0 Å². The molecule has 136 valence electrons. The van der Waals surface area contributed by atoms with Gasteiger partial charge < -0.3 is 4.57 Å². The van der Waals surface area contributed by atoms with Crippen molar-refractivity contribution in [3.8, 4) is 6.07 Å². The van der Waals surface area contributed by atoms with Crippen molar-refractivity contribution < 1.29 is 0 Å². The maximum absolute atomic E-state index is 9.23. The molecule has 0 unspecified atom stereocenters. The Labute approximate surface area is 156 Å². The monoisotopic (exact) mass is 348 g/mol. The predicted octanol–water partition coefficient (Wildman–Crippen LogP) is 3.05. The smallest absolute Gasteiger partial charge is 0.120 e. The summed E-state index contributed by atoms with van der Waals surface area (Å²) in [5.74, 6) is 0. The first-order chi connectivity index (χ1) is 12.8. The molecular weight excluding hydrogens is 320 g/mol. The summed E-state index contributed by atoms with van der Waals surface area (Å²) in [4.78, 5) is 5.23. The van der Waals surface area contributed by atoms with Gasteiger partial charge in [0.15, 0.2) is 0 Å². The van der Waals surface area contributed by atoms with Crippen LogP contribution in [-0.2, 0) is 25.9 Å². The Hall–Kier alpha value is -2.09. The zero-order valence-corrected chi connectivity index (χ0v) is 15.7. The molecule has 4 nitrogen and oxygen atoms in total. The number of fused-ring (bicyclic) bond motifs is 1. The number of hydrogen-bond donors (Lipinski definition) is 0. The maximum Gasteiger partial charge on any atom is 0.120 e. The van der Waals surface area contributed by atoms with Crippen LogP contribution in [0.1, 0.15) is 35.7 Å². The first-order valence-electron chi connectivity index (χ1n) is 9.89. The summed E-state index contributed by atoms with van der Waals surface area (Å²) >= 11 is 0. The van der Waals surface area contributed by atoms with Crippen LogP contribution in [-0.4, -0.2) is 46.6 Å².